The van der Waals surface area contributed by atoms with E-state index >= 15 is 0 Å². The van der Waals surface area contributed by atoms with Gasteiger partial charge in [0.1, 0.15) is 6.07 Å². The lowest BCUT2D eigenvalue weighted by Gasteiger charge is -2.37. The molecule has 0 radical (unpaired) electrons. The summed E-state index contributed by atoms with van der Waals surface area (Å²) in [7, 11) is 0. The van der Waals surface area contributed by atoms with Crippen molar-refractivity contribution in [2.24, 2.45) is 23.7 Å². The predicted molar refractivity (Wildman–Crippen MR) is 114 cm³/mol. The Kier molecular flexibility index (Phi) is 8.30. The van der Waals surface area contributed by atoms with E-state index in [1.54, 1.807) is 12.1 Å². The van der Waals surface area contributed by atoms with Crippen molar-refractivity contribution in [3.05, 3.63) is 47.3 Å². The normalized spacial score (nSPS) is 27.8. The van der Waals surface area contributed by atoms with E-state index in [2.05, 4.69) is 18.2 Å². The molecule has 0 spiro atoms. The molecule has 0 unspecified atom stereocenters. The van der Waals surface area contributed by atoms with E-state index in [1.165, 1.54) is 63.4 Å². The number of allylic oxidation sites excluding steroid dienone is 2. The highest BCUT2D eigenvalue weighted by Gasteiger charge is 2.30. The van der Waals surface area contributed by atoms with Crippen LogP contribution in [0.2, 0.25) is 0 Å². The van der Waals surface area contributed by atoms with Gasteiger partial charge in [0.05, 0.1) is 11.6 Å². The van der Waals surface area contributed by atoms with E-state index in [1.807, 2.05) is 12.1 Å². The number of aryl methyl sites for hydroxylation is 1. The molecule has 2 aliphatic carbocycles. The summed E-state index contributed by atoms with van der Waals surface area (Å²) in [5.74, 6) is 2.26. The quantitative estimate of drug-likeness (QED) is 0.362. The molecule has 29 heavy (non-hydrogen) atoms. The van der Waals surface area contributed by atoms with Crippen LogP contribution < -0.4 is 0 Å². The number of rotatable bonds is 7. The number of unbranched alkanes of at least 4 members (excludes halogenated alkanes) is 1. The number of halogens is 1. The fourth-order valence-electron chi connectivity index (χ4n) is 5.48. The number of nitrogens with zero attached hydrogens (tertiary/aromatic N) is 2. The van der Waals surface area contributed by atoms with Gasteiger partial charge in [-0.25, -0.2) is 0 Å². The summed E-state index contributed by atoms with van der Waals surface area (Å²) in [6, 6.07) is 11.8. The average Bonchev–Trinajstić information content (AvgIpc) is 2.78. The molecule has 0 heterocycles. The standard InChI is InChI=1S/C26H33FN2/c27-26(19-29)17-22-11-15-25(16-12-22)24-13-9-21(10-14-24)4-2-1-3-20-5-7-23(18-28)8-6-20/h5-8,17,21-22,24-25H,1-4,9-16H2. The Balaban J connectivity index is 1.30. The van der Waals surface area contributed by atoms with Crippen LogP contribution in [-0.2, 0) is 6.42 Å². The van der Waals surface area contributed by atoms with Gasteiger partial charge in [-0.3, -0.25) is 0 Å². The minimum absolute atomic E-state index is 0.276. The van der Waals surface area contributed by atoms with E-state index in [4.69, 9.17) is 10.5 Å². The Bertz CT molecular complexity index is 736. The van der Waals surface area contributed by atoms with Crippen LogP contribution in [0.25, 0.3) is 0 Å². The minimum Gasteiger partial charge on any atom is -0.195 e. The molecule has 0 amide bonds. The molecule has 0 bridgehead atoms. The van der Waals surface area contributed by atoms with Crippen LogP contribution in [0.1, 0.15) is 81.8 Å². The topological polar surface area (TPSA) is 47.6 Å². The fraction of sp³-hybridized carbons (Fsp3) is 0.615. The van der Waals surface area contributed by atoms with Gasteiger partial charge in [0.15, 0.2) is 5.83 Å². The van der Waals surface area contributed by atoms with Gasteiger partial charge in [-0.15, -0.1) is 0 Å². The first-order valence-electron chi connectivity index (χ1n) is 11.4. The zero-order valence-corrected chi connectivity index (χ0v) is 17.5. The maximum Gasteiger partial charge on any atom is 0.196 e. The SMILES string of the molecule is N#CC(F)=CC1CCC(C2CCC(CCCCc3ccc(C#N)cc3)CC2)CC1. The smallest absolute Gasteiger partial charge is 0.195 e. The predicted octanol–water partition coefficient (Wildman–Crippen LogP) is 7.26. The minimum atomic E-state index is -0.604. The molecule has 2 aliphatic rings. The third-order valence-electron chi connectivity index (χ3n) is 7.27. The van der Waals surface area contributed by atoms with Crippen molar-refractivity contribution >= 4 is 0 Å². The molecule has 0 N–H and O–H groups in total. The molecule has 2 fully saturated rings. The van der Waals surface area contributed by atoms with Crippen LogP contribution in [0, 0.1) is 46.3 Å². The van der Waals surface area contributed by atoms with Crippen molar-refractivity contribution < 1.29 is 4.39 Å². The highest BCUT2D eigenvalue weighted by molar-refractivity contribution is 5.31. The van der Waals surface area contributed by atoms with Gasteiger partial charge in [0.2, 0.25) is 0 Å². The Hall–Kier alpha value is -2.13. The highest BCUT2D eigenvalue weighted by Crippen LogP contribution is 2.42. The molecule has 0 aliphatic heterocycles. The van der Waals surface area contributed by atoms with Crippen molar-refractivity contribution in [2.45, 2.75) is 77.0 Å². The average molecular weight is 393 g/mol. The van der Waals surface area contributed by atoms with Crippen LogP contribution in [0.4, 0.5) is 4.39 Å². The third kappa shape index (κ3) is 6.71. The molecule has 1 aromatic carbocycles. The summed E-state index contributed by atoms with van der Waals surface area (Å²) in [6.07, 6.45) is 16.6. The maximum absolute atomic E-state index is 13.2. The lowest BCUT2D eigenvalue weighted by atomic mass is 9.68. The molecule has 154 valence electrons. The first kappa shape index (κ1) is 21.6. The molecule has 3 heteroatoms. The molecule has 1 aromatic rings. The highest BCUT2D eigenvalue weighted by atomic mass is 19.1. The van der Waals surface area contributed by atoms with Gasteiger partial charge < -0.3 is 0 Å². The van der Waals surface area contributed by atoms with Gasteiger partial charge in [0, 0.05) is 0 Å². The van der Waals surface area contributed by atoms with Gasteiger partial charge in [-0.1, -0.05) is 37.8 Å². The second-order valence-electron chi connectivity index (χ2n) is 9.14. The molecule has 2 nitrogen and oxygen atoms in total. The van der Waals surface area contributed by atoms with Gasteiger partial charge >= 0.3 is 0 Å². The third-order valence-corrected chi connectivity index (χ3v) is 7.27. The number of hydrogen-bond acceptors (Lipinski definition) is 2. The van der Waals surface area contributed by atoms with Crippen LogP contribution in [0.5, 0.6) is 0 Å². The first-order valence-corrected chi connectivity index (χ1v) is 11.4. The molecular weight excluding hydrogens is 359 g/mol. The van der Waals surface area contributed by atoms with Crippen LogP contribution in [0.15, 0.2) is 36.2 Å². The Labute approximate surface area is 175 Å². The number of nitriles is 2. The molecule has 0 atom stereocenters. The van der Waals surface area contributed by atoms with E-state index in [0.29, 0.717) is 0 Å². The second kappa shape index (κ2) is 11.2. The lowest BCUT2D eigenvalue weighted by Crippen LogP contribution is -2.25. The van der Waals surface area contributed by atoms with E-state index in [0.717, 1.165) is 42.6 Å². The summed E-state index contributed by atoms with van der Waals surface area (Å²) in [4.78, 5) is 0. The molecule has 3 rings (SSSR count). The molecule has 0 aromatic heterocycles. The summed E-state index contributed by atoms with van der Waals surface area (Å²) in [5.41, 5.74) is 2.08. The Morgan fingerprint density at radius 2 is 1.52 bits per heavy atom. The second-order valence-corrected chi connectivity index (χ2v) is 9.14. The largest absolute Gasteiger partial charge is 0.196 e. The Morgan fingerprint density at radius 1 is 0.897 bits per heavy atom. The zero-order valence-electron chi connectivity index (χ0n) is 17.5. The number of benzene rings is 1. The van der Waals surface area contributed by atoms with E-state index < -0.39 is 5.83 Å². The van der Waals surface area contributed by atoms with Crippen molar-refractivity contribution in [2.75, 3.05) is 0 Å². The van der Waals surface area contributed by atoms with Crippen molar-refractivity contribution in [1.29, 1.82) is 10.5 Å². The monoisotopic (exact) mass is 392 g/mol. The van der Waals surface area contributed by atoms with E-state index in [-0.39, 0.29) is 5.92 Å². The van der Waals surface area contributed by atoms with Crippen LogP contribution >= 0.6 is 0 Å². The summed E-state index contributed by atoms with van der Waals surface area (Å²) in [6.45, 7) is 0. The molecular formula is C26H33FN2. The molecule has 0 saturated heterocycles. The van der Waals surface area contributed by atoms with E-state index in [9.17, 15) is 4.39 Å². The summed E-state index contributed by atoms with van der Waals surface area (Å²) < 4.78 is 13.2. The van der Waals surface area contributed by atoms with Gasteiger partial charge in [0.25, 0.3) is 0 Å². The van der Waals surface area contributed by atoms with Crippen LogP contribution in [0.3, 0.4) is 0 Å². The number of hydrogen-bond donors (Lipinski definition) is 0. The maximum atomic E-state index is 13.2. The summed E-state index contributed by atoms with van der Waals surface area (Å²) >= 11 is 0. The van der Waals surface area contributed by atoms with Gasteiger partial charge in [-0.05, 0) is 98.8 Å². The summed E-state index contributed by atoms with van der Waals surface area (Å²) in [5, 5.41) is 17.5. The van der Waals surface area contributed by atoms with Crippen molar-refractivity contribution in [1.82, 2.24) is 0 Å². The lowest BCUT2D eigenvalue weighted by molar-refractivity contribution is 0.151. The van der Waals surface area contributed by atoms with Crippen molar-refractivity contribution in [3.8, 4) is 12.1 Å². The first-order chi connectivity index (χ1) is 14.2. The molecule has 2 saturated carbocycles. The fourth-order valence-corrected chi connectivity index (χ4v) is 5.48. The van der Waals surface area contributed by atoms with Crippen molar-refractivity contribution in [3.63, 3.8) is 0 Å². The van der Waals surface area contributed by atoms with Gasteiger partial charge in [-0.2, -0.15) is 14.9 Å². The van der Waals surface area contributed by atoms with Crippen LogP contribution in [-0.4, -0.2) is 0 Å². The Morgan fingerprint density at radius 3 is 2.10 bits per heavy atom. The zero-order chi connectivity index (χ0) is 20.5.